The summed E-state index contributed by atoms with van der Waals surface area (Å²) in [5, 5.41) is 3.77. The van der Waals surface area contributed by atoms with Gasteiger partial charge in [-0.05, 0) is 23.7 Å². The standard InChI is InChI=1S/C9H7N5S/c10-5-2-1-3-6-8(5)13-9(12-6)7-4-11-14-15-7/h1-4H,10H2,(H,12,13). The molecule has 0 fully saturated rings. The van der Waals surface area contributed by atoms with Crippen LogP contribution >= 0.6 is 11.5 Å². The molecular formula is C9H7N5S. The summed E-state index contributed by atoms with van der Waals surface area (Å²) >= 11 is 1.30. The fourth-order valence-electron chi connectivity index (χ4n) is 1.44. The minimum atomic E-state index is 0.674. The number of para-hydroxylation sites is 1. The fraction of sp³-hybridized carbons (Fsp3) is 0. The molecule has 6 heteroatoms. The predicted molar refractivity (Wildman–Crippen MR) is 59.4 cm³/mol. The normalized spacial score (nSPS) is 10.9. The number of hydrogen-bond donors (Lipinski definition) is 2. The van der Waals surface area contributed by atoms with Gasteiger partial charge in [-0.3, -0.25) is 0 Å². The van der Waals surface area contributed by atoms with Crippen LogP contribution in [0, 0.1) is 0 Å². The third-order valence-corrected chi connectivity index (χ3v) is 2.81. The molecule has 1 aromatic carbocycles. The van der Waals surface area contributed by atoms with Gasteiger partial charge < -0.3 is 10.7 Å². The van der Waals surface area contributed by atoms with Crippen molar-refractivity contribution in [1.82, 2.24) is 19.6 Å². The predicted octanol–water partition coefficient (Wildman–Crippen LogP) is 1.66. The lowest BCUT2D eigenvalue weighted by Gasteiger charge is -1.90. The Labute approximate surface area is 89.1 Å². The van der Waals surface area contributed by atoms with Crippen molar-refractivity contribution in [2.45, 2.75) is 0 Å². The zero-order valence-electron chi connectivity index (χ0n) is 7.64. The van der Waals surface area contributed by atoms with Crippen LogP contribution in [0.4, 0.5) is 5.69 Å². The maximum atomic E-state index is 5.81. The average Bonchev–Trinajstić information content (AvgIpc) is 2.86. The van der Waals surface area contributed by atoms with Gasteiger partial charge in [-0.1, -0.05) is 10.6 Å². The molecule has 2 heterocycles. The quantitative estimate of drug-likeness (QED) is 0.607. The van der Waals surface area contributed by atoms with Gasteiger partial charge in [0.05, 0.1) is 17.4 Å². The van der Waals surface area contributed by atoms with Crippen molar-refractivity contribution in [2.24, 2.45) is 0 Å². The number of nitrogens with zero attached hydrogens (tertiary/aromatic N) is 3. The SMILES string of the molecule is Nc1cccc2[nH]c(-c3cnns3)nc12. The molecular weight excluding hydrogens is 210 g/mol. The number of benzene rings is 1. The van der Waals surface area contributed by atoms with E-state index in [2.05, 4.69) is 19.6 Å². The molecule has 3 N–H and O–H groups in total. The fourth-order valence-corrected chi connectivity index (χ4v) is 1.90. The molecule has 0 aliphatic rings. The molecule has 15 heavy (non-hydrogen) atoms. The maximum absolute atomic E-state index is 5.81. The van der Waals surface area contributed by atoms with E-state index >= 15 is 0 Å². The van der Waals surface area contributed by atoms with Gasteiger partial charge in [0.25, 0.3) is 0 Å². The Bertz CT molecular complexity index is 598. The van der Waals surface area contributed by atoms with Crippen LogP contribution in [-0.4, -0.2) is 19.6 Å². The van der Waals surface area contributed by atoms with Crippen molar-refractivity contribution < 1.29 is 0 Å². The number of nitrogens with one attached hydrogen (secondary N) is 1. The van der Waals surface area contributed by atoms with E-state index < -0.39 is 0 Å². The molecule has 0 saturated heterocycles. The zero-order chi connectivity index (χ0) is 10.3. The maximum Gasteiger partial charge on any atom is 0.151 e. The summed E-state index contributed by atoms with van der Waals surface area (Å²) in [6.45, 7) is 0. The van der Waals surface area contributed by atoms with Crippen molar-refractivity contribution in [3.05, 3.63) is 24.4 Å². The summed E-state index contributed by atoms with van der Waals surface area (Å²) < 4.78 is 3.79. The summed E-state index contributed by atoms with van der Waals surface area (Å²) in [4.78, 5) is 8.49. The number of imidazole rings is 1. The van der Waals surface area contributed by atoms with Gasteiger partial charge in [0, 0.05) is 0 Å². The van der Waals surface area contributed by atoms with E-state index in [9.17, 15) is 0 Å². The van der Waals surface area contributed by atoms with Gasteiger partial charge in [0.1, 0.15) is 10.4 Å². The highest BCUT2D eigenvalue weighted by Crippen LogP contribution is 2.24. The largest absolute Gasteiger partial charge is 0.397 e. The van der Waals surface area contributed by atoms with Crippen molar-refractivity contribution >= 4 is 28.3 Å². The van der Waals surface area contributed by atoms with Crippen molar-refractivity contribution in [3.8, 4) is 10.7 Å². The smallest absolute Gasteiger partial charge is 0.151 e. The molecule has 0 spiro atoms. The number of aromatic amines is 1. The second-order valence-corrected chi connectivity index (χ2v) is 3.90. The van der Waals surface area contributed by atoms with E-state index in [4.69, 9.17) is 5.73 Å². The second-order valence-electron chi connectivity index (χ2n) is 3.11. The molecule has 0 aliphatic heterocycles. The number of rotatable bonds is 1. The van der Waals surface area contributed by atoms with Crippen LogP contribution in [0.15, 0.2) is 24.4 Å². The van der Waals surface area contributed by atoms with E-state index in [0.29, 0.717) is 5.69 Å². The van der Waals surface area contributed by atoms with Crippen LogP contribution in [0.2, 0.25) is 0 Å². The van der Waals surface area contributed by atoms with Gasteiger partial charge in [-0.2, -0.15) is 0 Å². The molecule has 0 amide bonds. The lowest BCUT2D eigenvalue weighted by Crippen LogP contribution is -1.84. The molecule has 0 bridgehead atoms. The first kappa shape index (κ1) is 8.37. The molecule has 0 atom stereocenters. The van der Waals surface area contributed by atoms with Gasteiger partial charge >= 0.3 is 0 Å². The van der Waals surface area contributed by atoms with Gasteiger partial charge in [0.2, 0.25) is 0 Å². The first-order chi connectivity index (χ1) is 7.34. The number of fused-ring (bicyclic) bond motifs is 1. The Kier molecular flexibility index (Phi) is 1.69. The van der Waals surface area contributed by atoms with Crippen LogP contribution in [0.5, 0.6) is 0 Å². The number of nitrogens with two attached hydrogens (primary N) is 1. The van der Waals surface area contributed by atoms with E-state index in [0.717, 1.165) is 21.7 Å². The highest BCUT2D eigenvalue weighted by molar-refractivity contribution is 7.09. The first-order valence-electron chi connectivity index (χ1n) is 4.36. The molecule has 74 valence electrons. The molecule has 0 radical (unpaired) electrons. The van der Waals surface area contributed by atoms with Crippen molar-refractivity contribution in [3.63, 3.8) is 0 Å². The van der Waals surface area contributed by atoms with E-state index in [1.54, 1.807) is 6.20 Å². The third kappa shape index (κ3) is 1.26. The monoisotopic (exact) mass is 217 g/mol. The van der Waals surface area contributed by atoms with Crippen LogP contribution in [-0.2, 0) is 0 Å². The Morgan fingerprint density at radius 3 is 3.00 bits per heavy atom. The summed E-state index contributed by atoms with van der Waals surface area (Å²) in [6.07, 6.45) is 1.68. The number of nitrogen functional groups attached to an aromatic ring is 1. The van der Waals surface area contributed by atoms with Crippen LogP contribution in [0.1, 0.15) is 0 Å². The molecule has 3 aromatic rings. The Morgan fingerprint density at radius 1 is 1.33 bits per heavy atom. The summed E-state index contributed by atoms with van der Waals surface area (Å²) in [7, 11) is 0. The minimum absolute atomic E-state index is 0.674. The van der Waals surface area contributed by atoms with Crippen molar-refractivity contribution in [2.75, 3.05) is 5.73 Å². The number of hydrogen-bond acceptors (Lipinski definition) is 5. The minimum Gasteiger partial charge on any atom is -0.397 e. The highest BCUT2D eigenvalue weighted by Gasteiger charge is 2.08. The lowest BCUT2D eigenvalue weighted by atomic mass is 10.3. The van der Waals surface area contributed by atoms with Crippen LogP contribution < -0.4 is 5.73 Å². The molecule has 5 nitrogen and oxygen atoms in total. The zero-order valence-corrected chi connectivity index (χ0v) is 8.45. The van der Waals surface area contributed by atoms with Crippen molar-refractivity contribution in [1.29, 1.82) is 0 Å². The summed E-state index contributed by atoms with van der Waals surface area (Å²) in [5.74, 6) is 0.762. The summed E-state index contributed by atoms with van der Waals surface area (Å²) in [6, 6.07) is 5.67. The second kappa shape index (κ2) is 3.03. The van der Waals surface area contributed by atoms with Gasteiger partial charge in [0.15, 0.2) is 5.82 Å². The first-order valence-corrected chi connectivity index (χ1v) is 5.14. The van der Waals surface area contributed by atoms with E-state index in [1.165, 1.54) is 11.5 Å². The van der Waals surface area contributed by atoms with E-state index in [-0.39, 0.29) is 0 Å². The topological polar surface area (TPSA) is 80.5 Å². The summed E-state index contributed by atoms with van der Waals surface area (Å²) in [5.41, 5.74) is 8.21. The molecule has 2 aromatic heterocycles. The average molecular weight is 217 g/mol. The Balaban J connectivity index is 2.27. The Morgan fingerprint density at radius 2 is 2.27 bits per heavy atom. The van der Waals surface area contributed by atoms with E-state index in [1.807, 2.05) is 18.2 Å². The third-order valence-electron chi connectivity index (χ3n) is 2.14. The molecule has 0 saturated carbocycles. The molecule has 3 rings (SSSR count). The van der Waals surface area contributed by atoms with Crippen LogP contribution in [0.25, 0.3) is 21.7 Å². The molecule has 0 unspecified atom stereocenters. The number of anilines is 1. The van der Waals surface area contributed by atoms with Crippen LogP contribution in [0.3, 0.4) is 0 Å². The van der Waals surface area contributed by atoms with Gasteiger partial charge in [-0.15, -0.1) is 5.10 Å². The highest BCUT2D eigenvalue weighted by atomic mass is 32.1. The molecule has 0 aliphatic carbocycles. The van der Waals surface area contributed by atoms with Gasteiger partial charge in [-0.25, -0.2) is 4.98 Å². The lowest BCUT2D eigenvalue weighted by molar-refractivity contribution is 1.15. The number of aromatic nitrogens is 4. The Hall–Kier alpha value is -1.95. The number of H-pyrrole nitrogens is 1.